The summed E-state index contributed by atoms with van der Waals surface area (Å²) >= 11 is 0. The van der Waals surface area contributed by atoms with E-state index in [4.69, 9.17) is 4.43 Å². The zero-order valence-corrected chi connectivity index (χ0v) is 26.4. The van der Waals surface area contributed by atoms with Crippen LogP contribution in [0.2, 0.25) is 18.1 Å². The second kappa shape index (κ2) is 12.6. The lowest BCUT2D eigenvalue weighted by Crippen LogP contribution is -2.56. The number of ketones is 1. The lowest BCUT2D eigenvalue weighted by atomic mass is 9.85. The van der Waals surface area contributed by atoms with Gasteiger partial charge in [-0.1, -0.05) is 89.6 Å². The van der Waals surface area contributed by atoms with Gasteiger partial charge in [0, 0.05) is 11.8 Å². The number of Topliss-reactive ketones (excluding diaryl/α,β-unsaturated/α-hetero) is 1. The number of sulfonamides is 1. The van der Waals surface area contributed by atoms with Crippen molar-refractivity contribution < 1.29 is 22.7 Å². The summed E-state index contributed by atoms with van der Waals surface area (Å²) in [7, 11) is -6.38. The van der Waals surface area contributed by atoms with Crippen molar-refractivity contribution in [1.29, 1.82) is 0 Å². The van der Waals surface area contributed by atoms with Crippen molar-refractivity contribution in [3.8, 4) is 0 Å². The second-order valence-corrected chi connectivity index (χ2v) is 19.3. The van der Waals surface area contributed by atoms with Crippen LogP contribution in [0.4, 0.5) is 0 Å². The van der Waals surface area contributed by atoms with Crippen molar-refractivity contribution in [1.82, 2.24) is 4.72 Å². The number of carbonyl (C=O) groups excluding carboxylic acids is 1. The first kappa shape index (κ1) is 32.4. The van der Waals surface area contributed by atoms with Crippen LogP contribution in [0.15, 0.2) is 59.5 Å². The van der Waals surface area contributed by atoms with Crippen LogP contribution in [-0.4, -0.2) is 45.9 Å². The molecular formula is C30H47NO5SSi. The molecule has 0 saturated heterocycles. The zero-order chi connectivity index (χ0) is 28.9. The molecule has 2 N–H and O–H groups in total. The summed E-state index contributed by atoms with van der Waals surface area (Å²) in [4.78, 5) is 13.0. The maximum atomic E-state index is 13.5. The van der Waals surface area contributed by atoms with E-state index in [1.807, 2.05) is 37.3 Å². The van der Waals surface area contributed by atoms with Gasteiger partial charge in [0.05, 0.1) is 23.1 Å². The fourth-order valence-electron chi connectivity index (χ4n) is 3.81. The minimum atomic E-state index is -4.00. The highest BCUT2D eigenvalue weighted by atomic mass is 32.2. The highest BCUT2D eigenvalue weighted by Crippen LogP contribution is 2.38. The Morgan fingerprint density at radius 1 is 0.974 bits per heavy atom. The maximum absolute atomic E-state index is 13.5. The number of aryl methyl sites for hydroxylation is 2. The van der Waals surface area contributed by atoms with Crippen LogP contribution in [-0.2, 0) is 25.7 Å². The van der Waals surface area contributed by atoms with Crippen LogP contribution in [0.1, 0.15) is 65.5 Å². The molecule has 0 aromatic heterocycles. The molecule has 0 bridgehead atoms. The normalized spacial score (nSPS) is 15.6. The van der Waals surface area contributed by atoms with Crippen LogP contribution in [0.3, 0.4) is 0 Å². The van der Waals surface area contributed by atoms with E-state index >= 15 is 0 Å². The lowest BCUT2D eigenvalue weighted by Gasteiger charge is -2.42. The summed E-state index contributed by atoms with van der Waals surface area (Å²) in [6, 6.07) is 15.5. The largest absolute Gasteiger partial charge is 0.412 e. The fourth-order valence-corrected chi connectivity index (χ4v) is 6.48. The predicted octanol–water partition coefficient (Wildman–Crippen LogP) is 6.03. The van der Waals surface area contributed by atoms with Crippen LogP contribution in [0, 0.1) is 12.3 Å². The summed E-state index contributed by atoms with van der Waals surface area (Å²) in [6.07, 6.45) is -0.944. The molecule has 2 rings (SSSR count). The van der Waals surface area contributed by atoms with Crippen LogP contribution in [0.25, 0.3) is 0 Å². The molecule has 0 spiro atoms. The lowest BCUT2D eigenvalue weighted by molar-refractivity contribution is -0.129. The smallest absolute Gasteiger partial charge is 0.240 e. The van der Waals surface area contributed by atoms with Crippen LogP contribution in [0.5, 0.6) is 0 Å². The number of hydrogen-bond acceptors (Lipinski definition) is 5. The molecule has 0 saturated carbocycles. The molecule has 0 aliphatic heterocycles. The van der Waals surface area contributed by atoms with Gasteiger partial charge in [0.1, 0.15) is 5.78 Å². The summed E-state index contributed by atoms with van der Waals surface area (Å²) in [5, 5.41) is 11.3. The number of benzene rings is 2. The van der Waals surface area contributed by atoms with Gasteiger partial charge in [-0.25, -0.2) is 13.1 Å². The fraction of sp³-hybridized carbons (Fsp3) is 0.567. The van der Waals surface area contributed by atoms with Gasteiger partial charge in [0.15, 0.2) is 8.32 Å². The van der Waals surface area contributed by atoms with E-state index in [2.05, 4.69) is 38.6 Å². The topological polar surface area (TPSA) is 92.7 Å². The Balaban J connectivity index is 2.53. The highest BCUT2D eigenvalue weighted by Gasteiger charge is 2.43. The predicted molar refractivity (Wildman–Crippen MR) is 157 cm³/mol. The van der Waals surface area contributed by atoms with E-state index in [0.717, 1.165) is 11.1 Å². The molecule has 38 heavy (non-hydrogen) atoms. The van der Waals surface area contributed by atoms with Gasteiger partial charge in [-0.05, 0) is 55.6 Å². The molecule has 6 nitrogen and oxygen atoms in total. The molecule has 0 aliphatic rings. The quantitative estimate of drug-likeness (QED) is 0.309. The number of aliphatic hydroxyl groups is 1. The average molecular weight is 562 g/mol. The van der Waals surface area contributed by atoms with Crippen LogP contribution >= 0.6 is 0 Å². The van der Waals surface area contributed by atoms with E-state index in [1.54, 1.807) is 45.0 Å². The molecule has 0 heterocycles. The molecule has 0 fully saturated rings. The molecule has 2 aromatic rings. The van der Waals surface area contributed by atoms with E-state index in [0.29, 0.717) is 12.8 Å². The molecule has 0 unspecified atom stereocenters. The van der Waals surface area contributed by atoms with Crippen molar-refractivity contribution in [2.75, 3.05) is 0 Å². The van der Waals surface area contributed by atoms with Crippen molar-refractivity contribution >= 4 is 24.1 Å². The van der Waals surface area contributed by atoms with Crippen molar-refractivity contribution in [2.45, 2.75) is 109 Å². The third-order valence-corrected chi connectivity index (χ3v) is 13.5. The number of aliphatic hydroxyl groups excluding tert-OH is 1. The van der Waals surface area contributed by atoms with Crippen molar-refractivity contribution in [3.63, 3.8) is 0 Å². The summed E-state index contributed by atoms with van der Waals surface area (Å²) in [5.41, 5.74) is 1.37. The molecule has 212 valence electrons. The molecule has 3 atom stereocenters. The molecular weight excluding hydrogens is 514 g/mol. The molecule has 0 radical (unpaired) electrons. The van der Waals surface area contributed by atoms with Crippen molar-refractivity contribution in [2.24, 2.45) is 5.41 Å². The van der Waals surface area contributed by atoms with Crippen molar-refractivity contribution in [3.05, 3.63) is 65.7 Å². The van der Waals surface area contributed by atoms with Gasteiger partial charge in [-0.3, -0.25) is 4.79 Å². The molecule has 8 heteroatoms. The first-order valence-corrected chi connectivity index (χ1v) is 17.7. The van der Waals surface area contributed by atoms with Gasteiger partial charge in [0.2, 0.25) is 10.0 Å². The second-order valence-electron chi connectivity index (χ2n) is 12.8. The van der Waals surface area contributed by atoms with Crippen LogP contribution < -0.4 is 4.72 Å². The standard InChI is InChI=1S/C30H47NO5SSi/c1-22-15-18-24(19-16-22)37(34,35)31-28(25(32)21-27(33)29(2,3)4)26(36-38(8,9)30(5,6)7)20-17-23-13-11-10-12-14-23/h10-16,18-19,25-26,28,31-32H,17,20-21H2,1-9H3/t25-,26-,28+/m0/s1. The number of nitrogens with one attached hydrogen (secondary N) is 1. The highest BCUT2D eigenvalue weighted by molar-refractivity contribution is 7.89. The summed E-state index contributed by atoms with van der Waals surface area (Å²) in [6.45, 7) is 17.9. The van der Waals surface area contributed by atoms with Gasteiger partial charge < -0.3 is 9.53 Å². The first-order chi connectivity index (χ1) is 17.3. The van der Waals surface area contributed by atoms with E-state index < -0.39 is 42.0 Å². The Hall–Kier alpha value is -1.84. The van der Waals surface area contributed by atoms with E-state index in [1.165, 1.54) is 0 Å². The molecule has 0 amide bonds. The first-order valence-electron chi connectivity index (χ1n) is 13.4. The summed E-state index contributed by atoms with van der Waals surface area (Å²) in [5.74, 6) is -0.140. The van der Waals surface area contributed by atoms with E-state index in [-0.39, 0.29) is 22.1 Å². The van der Waals surface area contributed by atoms with Gasteiger partial charge >= 0.3 is 0 Å². The molecule has 0 aliphatic carbocycles. The SMILES string of the molecule is Cc1ccc(S(=O)(=O)N[C@@H]([C@H](CCc2ccccc2)O[Si](C)(C)C(C)(C)C)[C@@H](O)CC(=O)C(C)(C)C)cc1. The van der Waals surface area contributed by atoms with E-state index in [9.17, 15) is 18.3 Å². The Morgan fingerprint density at radius 2 is 1.53 bits per heavy atom. The summed E-state index contributed by atoms with van der Waals surface area (Å²) < 4.78 is 36.6. The maximum Gasteiger partial charge on any atom is 0.240 e. The number of hydrogen-bond donors (Lipinski definition) is 2. The minimum Gasteiger partial charge on any atom is -0.412 e. The average Bonchev–Trinajstić information content (AvgIpc) is 2.79. The molecule has 2 aromatic carbocycles. The zero-order valence-electron chi connectivity index (χ0n) is 24.5. The van der Waals surface area contributed by atoms with Gasteiger partial charge in [0.25, 0.3) is 0 Å². The third kappa shape index (κ3) is 9.12. The Labute approximate surface area is 231 Å². The Bertz CT molecular complexity index is 1150. The van der Waals surface area contributed by atoms with Gasteiger partial charge in [-0.2, -0.15) is 0 Å². The monoisotopic (exact) mass is 561 g/mol. The minimum absolute atomic E-state index is 0.108. The van der Waals surface area contributed by atoms with Gasteiger partial charge in [-0.15, -0.1) is 0 Å². The number of carbonyl (C=O) groups is 1. The number of rotatable bonds is 12. The third-order valence-electron chi connectivity index (χ3n) is 7.48. The Morgan fingerprint density at radius 3 is 2.03 bits per heavy atom. The Kier molecular flexibility index (Phi) is 10.7.